The minimum Gasteiger partial charge on any atom is -0.322 e. The molecule has 0 bridgehead atoms. The van der Waals surface area contributed by atoms with Crippen LogP contribution < -0.4 is 5.32 Å². The number of anilines is 1. The molecule has 0 fully saturated rings. The number of alkyl halides is 3. The summed E-state index contributed by atoms with van der Waals surface area (Å²) >= 11 is 0. The van der Waals surface area contributed by atoms with Crippen molar-refractivity contribution in [3.63, 3.8) is 0 Å². The van der Waals surface area contributed by atoms with Crippen LogP contribution in [-0.4, -0.2) is 12.1 Å². The van der Waals surface area contributed by atoms with Crippen LogP contribution >= 0.6 is 0 Å². The lowest BCUT2D eigenvalue weighted by Gasteiger charge is -2.13. The molecule has 0 aliphatic carbocycles. The number of allylic oxidation sites excluding steroid dienone is 1. The van der Waals surface area contributed by atoms with Crippen molar-refractivity contribution in [2.45, 2.75) is 19.5 Å². The highest BCUT2D eigenvalue weighted by molar-refractivity contribution is 6.05. The lowest BCUT2D eigenvalue weighted by molar-refractivity contribution is -0.112. The molecule has 0 aromatic heterocycles. The van der Waals surface area contributed by atoms with Gasteiger partial charge in [-0.15, -0.1) is 0 Å². The highest BCUT2D eigenvalue weighted by atomic mass is 19.4. The monoisotopic (exact) mass is 319 g/mol. The van der Waals surface area contributed by atoms with Gasteiger partial charge < -0.3 is 5.32 Å². The first kappa shape index (κ1) is 16.8. The zero-order chi connectivity index (χ0) is 16.9. The largest absolute Gasteiger partial charge is 0.417 e. The highest BCUT2D eigenvalue weighted by Crippen LogP contribution is 2.33. The standard InChI is InChI=1S/C18H16F3NO/c1-2-13-8-6-7-11-16(13)22-17(23)12-15(18(19,20)21)14-9-4-3-5-10-14/h3-12H,2H2,1H3,(H,22,23)/b15-12-. The van der Waals surface area contributed by atoms with Gasteiger partial charge in [0.05, 0.1) is 5.57 Å². The third-order valence-electron chi connectivity index (χ3n) is 3.32. The molecule has 1 amide bonds. The predicted octanol–water partition coefficient (Wildman–Crippen LogP) is 4.83. The molecule has 2 aromatic rings. The molecule has 5 heteroatoms. The average molecular weight is 319 g/mol. The second kappa shape index (κ2) is 7.13. The Balaban J connectivity index is 2.31. The quantitative estimate of drug-likeness (QED) is 0.803. The average Bonchev–Trinajstić information content (AvgIpc) is 2.53. The van der Waals surface area contributed by atoms with Gasteiger partial charge in [0.25, 0.3) is 0 Å². The first-order valence-corrected chi connectivity index (χ1v) is 7.15. The van der Waals surface area contributed by atoms with Gasteiger partial charge >= 0.3 is 6.18 Å². The fraction of sp³-hybridized carbons (Fsp3) is 0.167. The van der Waals surface area contributed by atoms with Crippen LogP contribution in [0.4, 0.5) is 18.9 Å². The van der Waals surface area contributed by atoms with E-state index in [0.29, 0.717) is 18.2 Å². The summed E-state index contributed by atoms with van der Waals surface area (Å²) in [7, 11) is 0. The van der Waals surface area contributed by atoms with Crippen molar-refractivity contribution >= 4 is 17.2 Å². The summed E-state index contributed by atoms with van der Waals surface area (Å²) < 4.78 is 39.6. The van der Waals surface area contributed by atoms with Gasteiger partial charge in [-0.2, -0.15) is 13.2 Å². The molecule has 1 N–H and O–H groups in total. The zero-order valence-corrected chi connectivity index (χ0v) is 12.5. The Morgan fingerprint density at radius 1 is 1.04 bits per heavy atom. The highest BCUT2D eigenvalue weighted by Gasteiger charge is 2.35. The summed E-state index contributed by atoms with van der Waals surface area (Å²) in [5.74, 6) is -0.804. The molecule has 0 heterocycles. The summed E-state index contributed by atoms with van der Waals surface area (Å²) in [6.07, 6.45) is -3.34. The Morgan fingerprint density at radius 2 is 1.65 bits per heavy atom. The van der Waals surface area contributed by atoms with Crippen molar-refractivity contribution in [3.8, 4) is 0 Å². The van der Waals surface area contributed by atoms with Crippen molar-refractivity contribution in [3.05, 3.63) is 71.8 Å². The normalized spacial score (nSPS) is 12.1. The number of nitrogens with one attached hydrogen (secondary N) is 1. The lowest BCUT2D eigenvalue weighted by Crippen LogP contribution is -2.16. The van der Waals surface area contributed by atoms with Crippen molar-refractivity contribution in [1.29, 1.82) is 0 Å². The van der Waals surface area contributed by atoms with Crippen LogP contribution in [0.25, 0.3) is 5.57 Å². The molecular formula is C18H16F3NO. The number of rotatable bonds is 4. The van der Waals surface area contributed by atoms with Crippen LogP contribution in [0, 0.1) is 0 Å². The smallest absolute Gasteiger partial charge is 0.322 e. The van der Waals surface area contributed by atoms with E-state index in [2.05, 4.69) is 5.32 Å². The molecule has 2 nitrogen and oxygen atoms in total. The number of benzene rings is 2. The molecule has 0 saturated heterocycles. The summed E-state index contributed by atoms with van der Waals surface area (Å²) in [4.78, 5) is 12.0. The molecular weight excluding hydrogens is 303 g/mol. The fourth-order valence-electron chi connectivity index (χ4n) is 2.20. The Labute approximate surface area is 132 Å². The minimum atomic E-state index is -4.61. The molecule has 2 aromatic carbocycles. The number of aryl methyl sites for hydroxylation is 1. The maximum absolute atomic E-state index is 13.2. The van der Waals surface area contributed by atoms with Gasteiger partial charge in [-0.1, -0.05) is 55.5 Å². The van der Waals surface area contributed by atoms with E-state index in [0.717, 1.165) is 5.56 Å². The van der Waals surface area contributed by atoms with Gasteiger partial charge in [0.1, 0.15) is 0 Å². The van der Waals surface area contributed by atoms with Gasteiger partial charge in [-0.3, -0.25) is 4.79 Å². The van der Waals surface area contributed by atoms with Crippen LogP contribution in [-0.2, 0) is 11.2 Å². The molecule has 0 saturated carbocycles. The number of amides is 1. The van der Waals surface area contributed by atoms with Gasteiger partial charge in [-0.05, 0) is 23.6 Å². The minimum absolute atomic E-state index is 0.0427. The van der Waals surface area contributed by atoms with E-state index in [1.807, 2.05) is 19.1 Å². The van der Waals surface area contributed by atoms with E-state index in [4.69, 9.17) is 0 Å². The number of para-hydroxylation sites is 1. The second-order valence-electron chi connectivity index (χ2n) is 4.92. The zero-order valence-electron chi connectivity index (χ0n) is 12.5. The number of carbonyl (C=O) groups excluding carboxylic acids is 1. The number of halogens is 3. The second-order valence-corrected chi connectivity index (χ2v) is 4.92. The topological polar surface area (TPSA) is 29.1 Å². The number of carbonyl (C=O) groups is 1. The van der Waals surface area contributed by atoms with E-state index in [9.17, 15) is 18.0 Å². The van der Waals surface area contributed by atoms with E-state index < -0.39 is 17.7 Å². The molecule has 0 radical (unpaired) electrons. The van der Waals surface area contributed by atoms with E-state index in [1.54, 1.807) is 18.2 Å². The SMILES string of the molecule is CCc1ccccc1NC(=O)/C=C(/c1ccccc1)C(F)(F)F. The molecule has 23 heavy (non-hydrogen) atoms. The summed E-state index contributed by atoms with van der Waals surface area (Å²) in [5, 5.41) is 2.52. The van der Waals surface area contributed by atoms with Crippen LogP contribution in [0.15, 0.2) is 60.7 Å². The van der Waals surface area contributed by atoms with Crippen LogP contribution in [0.1, 0.15) is 18.1 Å². The Kier molecular flexibility index (Phi) is 5.21. The van der Waals surface area contributed by atoms with Crippen molar-refractivity contribution in [2.24, 2.45) is 0 Å². The molecule has 2 rings (SSSR count). The van der Waals surface area contributed by atoms with Gasteiger partial charge in [-0.25, -0.2) is 0 Å². The first-order chi connectivity index (χ1) is 10.9. The molecule has 0 aliphatic rings. The third kappa shape index (κ3) is 4.45. The van der Waals surface area contributed by atoms with E-state index >= 15 is 0 Å². The summed E-state index contributed by atoms with van der Waals surface area (Å²) in [6, 6.07) is 14.3. The number of hydrogen-bond acceptors (Lipinski definition) is 1. The molecule has 0 unspecified atom stereocenters. The van der Waals surface area contributed by atoms with Crippen LogP contribution in [0.5, 0.6) is 0 Å². The molecule has 0 atom stereocenters. The van der Waals surface area contributed by atoms with Gasteiger partial charge in [0, 0.05) is 11.8 Å². The van der Waals surface area contributed by atoms with Gasteiger partial charge in [0.2, 0.25) is 5.91 Å². The number of hydrogen-bond donors (Lipinski definition) is 1. The summed E-state index contributed by atoms with van der Waals surface area (Å²) in [5.41, 5.74) is 0.372. The lowest BCUT2D eigenvalue weighted by atomic mass is 10.0. The van der Waals surface area contributed by atoms with Crippen molar-refractivity contribution < 1.29 is 18.0 Å². The van der Waals surface area contributed by atoms with Crippen molar-refractivity contribution in [1.82, 2.24) is 0 Å². The molecule has 0 aliphatic heterocycles. The Hall–Kier alpha value is -2.56. The third-order valence-corrected chi connectivity index (χ3v) is 3.32. The van der Waals surface area contributed by atoms with E-state index in [1.165, 1.54) is 24.3 Å². The maximum Gasteiger partial charge on any atom is 0.417 e. The van der Waals surface area contributed by atoms with E-state index in [-0.39, 0.29) is 5.56 Å². The predicted molar refractivity (Wildman–Crippen MR) is 84.9 cm³/mol. The summed E-state index contributed by atoms with van der Waals surface area (Å²) in [6.45, 7) is 1.91. The van der Waals surface area contributed by atoms with Crippen molar-refractivity contribution in [2.75, 3.05) is 5.32 Å². The fourth-order valence-corrected chi connectivity index (χ4v) is 2.20. The Morgan fingerprint density at radius 3 is 2.26 bits per heavy atom. The Bertz CT molecular complexity index is 706. The first-order valence-electron chi connectivity index (χ1n) is 7.15. The molecule has 0 spiro atoms. The molecule has 120 valence electrons. The van der Waals surface area contributed by atoms with Crippen LogP contribution in [0.2, 0.25) is 0 Å². The van der Waals surface area contributed by atoms with Crippen LogP contribution in [0.3, 0.4) is 0 Å². The maximum atomic E-state index is 13.2. The van der Waals surface area contributed by atoms with Gasteiger partial charge in [0.15, 0.2) is 0 Å².